The number of ether oxygens (including phenoxy) is 1. The molecule has 1 aromatic carbocycles. The molecule has 0 fully saturated rings. The van der Waals surface area contributed by atoms with Gasteiger partial charge in [0, 0.05) is 12.2 Å². The Morgan fingerprint density at radius 3 is 2.82 bits per heavy atom. The molecule has 0 aliphatic carbocycles. The van der Waals surface area contributed by atoms with Gasteiger partial charge in [0.15, 0.2) is 0 Å². The molecule has 0 amide bonds. The molecule has 0 unspecified atom stereocenters. The topological polar surface area (TPSA) is 26.3 Å². The van der Waals surface area contributed by atoms with E-state index in [2.05, 4.69) is 31.2 Å². The Morgan fingerprint density at radius 1 is 1.35 bits per heavy atom. The minimum Gasteiger partial charge on any atom is -0.466 e. The van der Waals surface area contributed by atoms with Gasteiger partial charge in [0.2, 0.25) is 0 Å². The molecule has 1 rings (SSSR count). The van der Waals surface area contributed by atoms with Crippen molar-refractivity contribution in [1.29, 1.82) is 0 Å². The molecular formula is C14H20O2S. The molecule has 0 radical (unpaired) electrons. The van der Waals surface area contributed by atoms with Gasteiger partial charge in [-0.2, -0.15) is 11.8 Å². The second-order valence-electron chi connectivity index (χ2n) is 3.89. The minimum atomic E-state index is -0.0796. The molecule has 0 saturated carbocycles. The van der Waals surface area contributed by atoms with E-state index in [1.54, 1.807) is 0 Å². The van der Waals surface area contributed by atoms with Crippen molar-refractivity contribution in [3.63, 3.8) is 0 Å². The van der Waals surface area contributed by atoms with Crippen molar-refractivity contribution in [3.05, 3.63) is 35.4 Å². The van der Waals surface area contributed by atoms with Gasteiger partial charge in [-0.15, -0.1) is 0 Å². The van der Waals surface area contributed by atoms with Crippen LogP contribution in [-0.2, 0) is 15.3 Å². The first-order chi connectivity index (χ1) is 8.24. The first-order valence-corrected chi connectivity index (χ1v) is 7.17. The molecule has 0 atom stereocenters. The number of benzene rings is 1. The highest BCUT2D eigenvalue weighted by molar-refractivity contribution is 7.98. The van der Waals surface area contributed by atoms with Crippen molar-refractivity contribution in [2.45, 2.75) is 32.4 Å². The Bertz CT molecular complexity index is 350. The lowest BCUT2D eigenvalue weighted by atomic mass is 10.1. The number of esters is 1. The van der Waals surface area contributed by atoms with Gasteiger partial charge in [-0.1, -0.05) is 24.3 Å². The molecular weight excluding hydrogens is 232 g/mol. The van der Waals surface area contributed by atoms with Gasteiger partial charge in [-0.3, -0.25) is 4.79 Å². The number of carbonyl (C=O) groups is 1. The van der Waals surface area contributed by atoms with Crippen LogP contribution in [0.3, 0.4) is 0 Å². The average molecular weight is 252 g/mol. The van der Waals surface area contributed by atoms with Crippen LogP contribution in [0.25, 0.3) is 0 Å². The lowest BCUT2D eigenvalue weighted by molar-refractivity contribution is -0.143. The molecule has 0 aromatic heterocycles. The van der Waals surface area contributed by atoms with Gasteiger partial charge < -0.3 is 4.74 Å². The van der Waals surface area contributed by atoms with Crippen LogP contribution in [-0.4, -0.2) is 18.3 Å². The van der Waals surface area contributed by atoms with Crippen molar-refractivity contribution >= 4 is 17.7 Å². The van der Waals surface area contributed by atoms with E-state index in [1.807, 2.05) is 18.7 Å². The predicted octanol–water partition coefficient (Wildman–Crippen LogP) is 3.57. The van der Waals surface area contributed by atoms with Crippen molar-refractivity contribution in [1.82, 2.24) is 0 Å². The first kappa shape index (κ1) is 14.1. The summed E-state index contributed by atoms with van der Waals surface area (Å²) in [6, 6.07) is 8.42. The number of thioether (sulfide) groups is 1. The van der Waals surface area contributed by atoms with Crippen LogP contribution in [0.4, 0.5) is 0 Å². The summed E-state index contributed by atoms with van der Waals surface area (Å²) in [5.41, 5.74) is 2.72. The molecule has 0 N–H and O–H groups in total. The molecule has 0 aliphatic heterocycles. The van der Waals surface area contributed by atoms with E-state index in [1.165, 1.54) is 11.1 Å². The zero-order valence-electron chi connectivity index (χ0n) is 10.6. The summed E-state index contributed by atoms with van der Waals surface area (Å²) in [5.74, 6) is 1.95. The van der Waals surface area contributed by atoms with Gasteiger partial charge >= 0.3 is 5.97 Å². The molecule has 0 spiro atoms. The van der Waals surface area contributed by atoms with Crippen LogP contribution >= 0.6 is 11.8 Å². The normalized spacial score (nSPS) is 10.2. The van der Waals surface area contributed by atoms with Crippen LogP contribution in [0.15, 0.2) is 24.3 Å². The third kappa shape index (κ3) is 5.78. The van der Waals surface area contributed by atoms with E-state index < -0.39 is 0 Å². The maximum atomic E-state index is 11.1. The Morgan fingerprint density at radius 2 is 2.12 bits per heavy atom. The molecule has 0 heterocycles. The third-order valence-electron chi connectivity index (χ3n) is 2.49. The second kappa shape index (κ2) is 8.18. The van der Waals surface area contributed by atoms with Crippen molar-refractivity contribution in [2.24, 2.45) is 0 Å². The fourth-order valence-electron chi connectivity index (χ4n) is 1.51. The predicted molar refractivity (Wildman–Crippen MR) is 73.2 cm³/mol. The zero-order valence-corrected chi connectivity index (χ0v) is 11.4. The van der Waals surface area contributed by atoms with E-state index in [0.717, 1.165) is 17.9 Å². The number of carbonyl (C=O) groups excluding carboxylic acids is 1. The zero-order chi connectivity index (χ0) is 12.5. The Kier molecular flexibility index (Phi) is 6.78. The molecule has 17 heavy (non-hydrogen) atoms. The van der Waals surface area contributed by atoms with Gasteiger partial charge in [0.1, 0.15) is 0 Å². The monoisotopic (exact) mass is 252 g/mol. The average Bonchev–Trinajstić information content (AvgIpc) is 2.31. The molecule has 0 bridgehead atoms. The smallest absolute Gasteiger partial charge is 0.305 e. The van der Waals surface area contributed by atoms with Crippen LogP contribution in [0.1, 0.15) is 30.9 Å². The summed E-state index contributed by atoms with van der Waals surface area (Å²) in [6.45, 7) is 4.45. The highest BCUT2D eigenvalue weighted by Gasteiger charge is 2.01. The first-order valence-electron chi connectivity index (χ1n) is 6.02. The Labute approximate surface area is 108 Å². The van der Waals surface area contributed by atoms with E-state index >= 15 is 0 Å². The van der Waals surface area contributed by atoms with Crippen molar-refractivity contribution in [3.8, 4) is 0 Å². The SMILES string of the molecule is CCOC(=O)CCCSCc1ccccc1C. The lowest BCUT2D eigenvalue weighted by Gasteiger charge is -2.05. The summed E-state index contributed by atoms with van der Waals surface area (Å²) in [4.78, 5) is 11.1. The largest absolute Gasteiger partial charge is 0.466 e. The summed E-state index contributed by atoms with van der Waals surface area (Å²) >= 11 is 1.87. The maximum absolute atomic E-state index is 11.1. The number of hydrogen-bond donors (Lipinski definition) is 0. The quantitative estimate of drug-likeness (QED) is 0.548. The Hall–Kier alpha value is -0.960. The van der Waals surface area contributed by atoms with Gasteiger partial charge in [0.25, 0.3) is 0 Å². The number of rotatable bonds is 7. The minimum absolute atomic E-state index is 0.0796. The van der Waals surface area contributed by atoms with Gasteiger partial charge in [0.05, 0.1) is 6.61 Å². The molecule has 3 heteroatoms. The number of hydrogen-bond acceptors (Lipinski definition) is 3. The molecule has 0 aliphatic rings. The van der Waals surface area contributed by atoms with Gasteiger partial charge in [-0.05, 0) is 37.1 Å². The summed E-state index contributed by atoms with van der Waals surface area (Å²) in [7, 11) is 0. The Balaban J connectivity index is 2.13. The van der Waals surface area contributed by atoms with E-state index in [-0.39, 0.29) is 5.97 Å². The molecule has 94 valence electrons. The highest BCUT2D eigenvalue weighted by atomic mass is 32.2. The number of aryl methyl sites for hydroxylation is 1. The van der Waals surface area contributed by atoms with Crippen molar-refractivity contribution < 1.29 is 9.53 Å². The van der Waals surface area contributed by atoms with Crippen molar-refractivity contribution in [2.75, 3.05) is 12.4 Å². The summed E-state index contributed by atoms with van der Waals surface area (Å²) in [6.07, 6.45) is 1.43. The van der Waals surface area contributed by atoms with Crippen LogP contribution in [0.5, 0.6) is 0 Å². The standard InChI is InChI=1S/C14H20O2S/c1-3-16-14(15)9-6-10-17-11-13-8-5-4-7-12(13)2/h4-5,7-8H,3,6,9-11H2,1-2H3. The van der Waals surface area contributed by atoms with Crippen LogP contribution < -0.4 is 0 Å². The summed E-state index contributed by atoms with van der Waals surface area (Å²) in [5, 5.41) is 0. The molecule has 1 aromatic rings. The lowest BCUT2D eigenvalue weighted by Crippen LogP contribution is -2.03. The van der Waals surface area contributed by atoms with E-state index in [9.17, 15) is 4.79 Å². The van der Waals surface area contributed by atoms with Gasteiger partial charge in [-0.25, -0.2) is 0 Å². The molecule has 2 nitrogen and oxygen atoms in total. The van der Waals surface area contributed by atoms with Crippen LogP contribution in [0.2, 0.25) is 0 Å². The summed E-state index contributed by atoms with van der Waals surface area (Å²) < 4.78 is 4.88. The highest BCUT2D eigenvalue weighted by Crippen LogP contribution is 2.16. The third-order valence-corrected chi connectivity index (χ3v) is 3.59. The van der Waals surface area contributed by atoms with Crippen LogP contribution in [0, 0.1) is 6.92 Å². The maximum Gasteiger partial charge on any atom is 0.305 e. The van der Waals surface area contributed by atoms with E-state index in [4.69, 9.17) is 4.74 Å². The van der Waals surface area contributed by atoms with E-state index in [0.29, 0.717) is 13.0 Å². The molecule has 0 saturated heterocycles. The fraction of sp³-hybridized carbons (Fsp3) is 0.500. The fourth-order valence-corrected chi connectivity index (χ4v) is 2.54. The second-order valence-corrected chi connectivity index (χ2v) is 4.99.